The highest BCUT2D eigenvalue weighted by Crippen LogP contribution is 2.15. The number of nitrogens with one attached hydrogen (secondary N) is 1. The van der Waals surface area contributed by atoms with Gasteiger partial charge in [0.2, 0.25) is 5.95 Å². The van der Waals surface area contributed by atoms with Crippen molar-refractivity contribution in [1.29, 1.82) is 0 Å². The van der Waals surface area contributed by atoms with Crippen LogP contribution in [0.3, 0.4) is 0 Å². The number of unbranched alkanes of at least 4 members (excludes halogenated alkanes) is 2. The van der Waals surface area contributed by atoms with Crippen molar-refractivity contribution in [2.24, 2.45) is 0 Å². The van der Waals surface area contributed by atoms with Crippen molar-refractivity contribution in [3.05, 3.63) is 53.5 Å². The van der Waals surface area contributed by atoms with Gasteiger partial charge in [-0.05, 0) is 49.6 Å². The van der Waals surface area contributed by atoms with Gasteiger partial charge in [0.1, 0.15) is 11.6 Å². The van der Waals surface area contributed by atoms with E-state index in [9.17, 15) is 9.18 Å². The lowest BCUT2D eigenvalue weighted by Gasteiger charge is -2.09. The molecule has 1 aromatic heterocycles. The van der Waals surface area contributed by atoms with Gasteiger partial charge in [-0.1, -0.05) is 12.1 Å². The van der Waals surface area contributed by atoms with Crippen molar-refractivity contribution in [3.8, 4) is 17.6 Å². The standard InChI is InChI=1S/C20H22FN3O2/c1-2-3-4-5-6-12-26-16-9-7-8-15(13-16)14-23-20(25)17-10-11-18(21)24-19(17)22/h7-11,13H,4-6,12,14H2,1H3,(H2,22,24)(H,23,25). The molecule has 0 bridgehead atoms. The Morgan fingerprint density at radius 2 is 2.15 bits per heavy atom. The monoisotopic (exact) mass is 355 g/mol. The van der Waals surface area contributed by atoms with E-state index in [1.54, 1.807) is 0 Å². The fourth-order valence-electron chi connectivity index (χ4n) is 2.30. The second-order valence-electron chi connectivity index (χ2n) is 5.63. The summed E-state index contributed by atoms with van der Waals surface area (Å²) in [6.07, 6.45) is 2.82. The molecule has 1 amide bonds. The van der Waals surface area contributed by atoms with Crippen LogP contribution in [0.2, 0.25) is 0 Å². The Bertz CT molecular complexity index is 812. The first-order valence-electron chi connectivity index (χ1n) is 8.41. The molecule has 0 aliphatic carbocycles. The highest BCUT2D eigenvalue weighted by atomic mass is 19.1. The third-order valence-corrected chi connectivity index (χ3v) is 3.63. The van der Waals surface area contributed by atoms with Gasteiger partial charge in [0.25, 0.3) is 5.91 Å². The molecule has 3 N–H and O–H groups in total. The van der Waals surface area contributed by atoms with Gasteiger partial charge in [0.05, 0.1) is 12.2 Å². The predicted octanol–water partition coefficient (Wildman–Crippen LogP) is 3.31. The maximum Gasteiger partial charge on any atom is 0.255 e. The van der Waals surface area contributed by atoms with E-state index < -0.39 is 11.9 Å². The van der Waals surface area contributed by atoms with E-state index in [-0.39, 0.29) is 11.4 Å². The zero-order valence-electron chi connectivity index (χ0n) is 14.7. The minimum Gasteiger partial charge on any atom is -0.494 e. The summed E-state index contributed by atoms with van der Waals surface area (Å²) in [6.45, 7) is 2.76. The van der Waals surface area contributed by atoms with E-state index in [0.29, 0.717) is 13.2 Å². The summed E-state index contributed by atoms with van der Waals surface area (Å²) in [5, 5.41) is 2.74. The molecule has 6 heteroatoms. The molecule has 0 aliphatic rings. The summed E-state index contributed by atoms with van der Waals surface area (Å²) in [7, 11) is 0. The topological polar surface area (TPSA) is 77.2 Å². The van der Waals surface area contributed by atoms with Crippen LogP contribution in [0.5, 0.6) is 5.75 Å². The van der Waals surface area contributed by atoms with Gasteiger partial charge >= 0.3 is 0 Å². The lowest BCUT2D eigenvalue weighted by molar-refractivity contribution is 0.0951. The van der Waals surface area contributed by atoms with Gasteiger partial charge < -0.3 is 15.8 Å². The lowest BCUT2D eigenvalue weighted by Crippen LogP contribution is -2.24. The maximum absolute atomic E-state index is 13.0. The molecule has 136 valence electrons. The largest absolute Gasteiger partial charge is 0.494 e. The Morgan fingerprint density at radius 3 is 2.92 bits per heavy atom. The summed E-state index contributed by atoms with van der Waals surface area (Å²) >= 11 is 0. The Morgan fingerprint density at radius 1 is 1.31 bits per heavy atom. The first-order valence-corrected chi connectivity index (χ1v) is 8.41. The van der Waals surface area contributed by atoms with Crippen molar-refractivity contribution in [3.63, 3.8) is 0 Å². The third kappa shape index (κ3) is 6.10. The van der Waals surface area contributed by atoms with Crippen molar-refractivity contribution in [2.45, 2.75) is 32.7 Å². The molecule has 2 aromatic rings. The molecule has 5 nitrogen and oxygen atoms in total. The molecule has 0 spiro atoms. The predicted molar refractivity (Wildman–Crippen MR) is 99.0 cm³/mol. The fourth-order valence-corrected chi connectivity index (χ4v) is 2.30. The fraction of sp³-hybridized carbons (Fsp3) is 0.300. The van der Waals surface area contributed by atoms with Crippen LogP contribution in [0.15, 0.2) is 36.4 Å². The molecular formula is C20H22FN3O2. The van der Waals surface area contributed by atoms with Crippen LogP contribution in [0, 0.1) is 17.8 Å². The molecule has 0 fully saturated rings. The van der Waals surface area contributed by atoms with Crippen molar-refractivity contribution in [2.75, 3.05) is 12.3 Å². The molecule has 0 atom stereocenters. The summed E-state index contributed by atoms with van der Waals surface area (Å²) in [6, 6.07) is 9.92. The summed E-state index contributed by atoms with van der Waals surface area (Å²) in [5.74, 6) is 5.39. The van der Waals surface area contributed by atoms with E-state index >= 15 is 0 Å². The van der Waals surface area contributed by atoms with Gasteiger partial charge in [-0.15, -0.1) is 11.8 Å². The average Bonchev–Trinajstić information content (AvgIpc) is 2.63. The summed E-state index contributed by atoms with van der Waals surface area (Å²) in [5.41, 5.74) is 6.61. The number of ether oxygens (including phenoxy) is 1. The van der Waals surface area contributed by atoms with E-state index in [2.05, 4.69) is 22.1 Å². The number of rotatable bonds is 8. The Kier molecular flexibility index (Phi) is 7.44. The number of nitrogen functional groups attached to an aromatic ring is 1. The molecule has 1 aromatic carbocycles. The normalized spacial score (nSPS) is 9.92. The second kappa shape index (κ2) is 10.0. The molecule has 0 saturated heterocycles. The van der Waals surface area contributed by atoms with Crippen LogP contribution in [-0.4, -0.2) is 17.5 Å². The van der Waals surface area contributed by atoms with Gasteiger partial charge in [0, 0.05) is 13.0 Å². The number of aromatic nitrogens is 1. The molecule has 0 aliphatic heterocycles. The number of benzene rings is 1. The number of carbonyl (C=O) groups excluding carboxylic acids is 1. The maximum atomic E-state index is 13.0. The number of nitrogens with two attached hydrogens (primary N) is 1. The minimum absolute atomic E-state index is 0.132. The number of amides is 1. The molecule has 0 radical (unpaired) electrons. The van der Waals surface area contributed by atoms with Gasteiger partial charge in [-0.2, -0.15) is 4.39 Å². The second-order valence-corrected chi connectivity index (χ2v) is 5.63. The zero-order chi connectivity index (χ0) is 18.8. The lowest BCUT2D eigenvalue weighted by atomic mass is 10.2. The van der Waals surface area contributed by atoms with Crippen LogP contribution in [0.4, 0.5) is 10.2 Å². The van der Waals surface area contributed by atoms with Crippen molar-refractivity contribution < 1.29 is 13.9 Å². The van der Waals surface area contributed by atoms with E-state index in [1.165, 1.54) is 6.07 Å². The molecule has 0 saturated carbocycles. The number of hydrogen-bond donors (Lipinski definition) is 2. The summed E-state index contributed by atoms with van der Waals surface area (Å²) in [4.78, 5) is 15.6. The highest BCUT2D eigenvalue weighted by Gasteiger charge is 2.11. The number of pyridine rings is 1. The number of halogens is 1. The number of nitrogens with zero attached hydrogens (tertiary/aromatic N) is 1. The van der Waals surface area contributed by atoms with Gasteiger partial charge in [-0.3, -0.25) is 4.79 Å². The van der Waals surface area contributed by atoms with Crippen LogP contribution in [-0.2, 0) is 6.54 Å². The Hall–Kier alpha value is -3.07. The molecule has 2 rings (SSSR count). The van der Waals surface area contributed by atoms with Gasteiger partial charge in [0.15, 0.2) is 0 Å². The van der Waals surface area contributed by atoms with Crippen LogP contribution in [0.25, 0.3) is 0 Å². The van der Waals surface area contributed by atoms with Crippen LogP contribution < -0.4 is 15.8 Å². The Balaban J connectivity index is 1.83. The van der Waals surface area contributed by atoms with Crippen LogP contribution >= 0.6 is 0 Å². The van der Waals surface area contributed by atoms with E-state index in [4.69, 9.17) is 10.5 Å². The van der Waals surface area contributed by atoms with Crippen molar-refractivity contribution >= 4 is 11.7 Å². The number of carbonyl (C=O) groups is 1. The summed E-state index contributed by atoms with van der Waals surface area (Å²) < 4.78 is 18.7. The molecular weight excluding hydrogens is 333 g/mol. The molecule has 26 heavy (non-hydrogen) atoms. The Labute approximate surface area is 152 Å². The zero-order valence-corrected chi connectivity index (χ0v) is 14.7. The van der Waals surface area contributed by atoms with E-state index in [0.717, 1.165) is 36.6 Å². The third-order valence-electron chi connectivity index (χ3n) is 3.63. The SMILES string of the molecule is CC#CCCCCOc1cccc(CNC(=O)c2ccc(F)nc2N)c1. The smallest absolute Gasteiger partial charge is 0.255 e. The highest BCUT2D eigenvalue weighted by molar-refractivity contribution is 5.98. The quantitative estimate of drug-likeness (QED) is 0.433. The molecule has 0 unspecified atom stereocenters. The van der Waals surface area contributed by atoms with Gasteiger partial charge in [-0.25, -0.2) is 4.98 Å². The molecule has 1 heterocycles. The van der Waals surface area contributed by atoms with Crippen molar-refractivity contribution in [1.82, 2.24) is 10.3 Å². The first kappa shape index (κ1) is 19.3. The first-order chi connectivity index (χ1) is 12.6. The average molecular weight is 355 g/mol. The number of anilines is 1. The van der Waals surface area contributed by atoms with E-state index in [1.807, 2.05) is 31.2 Å². The van der Waals surface area contributed by atoms with Crippen LogP contribution in [0.1, 0.15) is 42.1 Å². The minimum atomic E-state index is -0.717. The number of hydrogen-bond acceptors (Lipinski definition) is 4.